The average molecular weight is 313 g/mol. The van der Waals surface area contributed by atoms with Crippen molar-refractivity contribution in [2.75, 3.05) is 0 Å². The van der Waals surface area contributed by atoms with Gasteiger partial charge in [0.15, 0.2) is 0 Å². The van der Waals surface area contributed by atoms with Crippen LogP contribution in [0.25, 0.3) is 0 Å². The molecule has 2 nitrogen and oxygen atoms in total. The van der Waals surface area contributed by atoms with E-state index >= 15 is 0 Å². The summed E-state index contributed by atoms with van der Waals surface area (Å²) in [5.74, 6) is 0. The van der Waals surface area contributed by atoms with Gasteiger partial charge >= 0.3 is 0 Å². The Morgan fingerprint density at radius 1 is 0.727 bits per heavy atom. The molecule has 0 rings (SSSR count). The van der Waals surface area contributed by atoms with Gasteiger partial charge in [-0.2, -0.15) is 0 Å². The SMILES string of the molecule is C=C[C@H](O)C[C@@H](O)CCCCCCCCCCCCCCC. The molecule has 0 heterocycles. The van der Waals surface area contributed by atoms with Gasteiger partial charge in [-0.15, -0.1) is 6.58 Å². The van der Waals surface area contributed by atoms with E-state index in [1.165, 1.54) is 83.1 Å². The lowest BCUT2D eigenvalue weighted by atomic mass is 10.0. The van der Waals surface area contributed by atoms with Crippen molar-refractivity contribution in [3.05, 3.63) is 12.7 Å². The van der Waals surface area contributed by atoms with Gasteiger partial charge < -0.3 is 10.2 Å². The number of hydrogen-bond donors (Lipinski definition) is 2. The van der Waals surface area contributed by atoms with E-state index in [4.69, 9.17) is 0 Å². The zero-order chi connectivity index (χ0) is 16.5. The summed E-state index contributed by atoms with van der Waals surface area (Å²) >= 11 is 0. The minimum Gasteiger partial charge on any atom is -0.393 e. The van der Waals surface area contributed by atoms with Crippen LogP contribution in [0.2, 0.25) is 0 Å². The van der Waals surface area contributed by atoms with Gasteiger partial charge in [-0.1, -0.05) is 96.5 Å². The van der Waals surface area contributed by atoms with E-state index in [2.05, 4.69) is 13.5 Å². The van der Waals surface area contributed by atoms with Crippen molar-refractivity contribution in [2.24, 2.45) is 0 Å². The fourth-order valence-corrected chi connectivity index (χ4v) is 2.89. The Kier molecular flexibility index (Phi) is 16.8. The van der Waals surface area contributed by atoms with Crippen LogP contribution >= 0.6 is 0 Å². The molecule has 0 saturated carbocycles. The first-order valence-corrected chi connectivity index (χ1v) is 9.69. The Labute approximate surface area is 139 Å². The van der Waals surface area contributed by atoms with E-state index < -0.39 is 6.10 Å². The fraction of sp³-hybridized carbons (Fsp3) is 0.900. The minimum absolute atomic E-state index is 0.374. The van der Waals surface area contributed by atoms with E-state index in [0.29, 0.717) is 6.42 Å². The summed E-state index contributed by atoms with van der Waals surface area (Å²) in [6.07, 6.45) is 19.3. The predicted molar refractivity (Wildman–Crippen MR) is 97.1 cm³/mol. The van der Waals surface area contributed by atoms with E-state index in [-0.39, 0.29) is 6.10 Å². The van der Waals surface area contributed by atoms with Crippen molar-refractivity contribution in [1.29, 1.82) is 0 Å². The second-order valence-electron chi connectivity index (χ2n) is 6.72. The summed E-state index contributed by atoms with van der Waals surface area (Å²) in [6.45, 7) is 5.79. The molecule has 0 aliphatic heterocycles. The average Bonchev–Trinajstić information content (AvgIpc) is 2.51. The lowest BCUT2D eigenvalue weighted by Gasteiger charge is -2.12. The molecule has 2 atom stereocenters. The molecule has 0 aromatic rings. The Hall–Kier alpha value is -0.340. The van der Waals surface area contributed by atoms with Gasteiger partial charge in [-0.3, -0.25) is 0 Å². The summed E-state index contributed by atoms with van der Waals surface area (Å²) in [5.41, 5.74) is 0. The molecule has 0 radical (unpaired) electrons. The van der Waals surface area contributed by atoms with Gasteiger partial charge in [0.05, 0.1) is 12.2 Å². The van der Waals surface area contributed by atoms with Crippen LogP contribution < -0.4 is 0 Å². The molecule has 0 bridgehead atoms. The fourth-order valence-electron chi connectivity index (χ4n) is 2.89. The molecule has 0 aromatic heterocycles. The molecule has 22 heavy (non-hydrogen) atoms. The highest BCUT2D eigenvalue weighted by molar-refractivity contribution is 4.80. The maximum Gasteiger partial charge on any atom is 0.0742 e. The van der Waals surface area contributed by atoms with Gasteiger partial charge in [-0.05, 0) is 6.42 Å². The monoisotopic (exact) mass is 312 g/mol. The first-order valence-electron chi connectivity index (χ1n) is 9.69. The van der Waals surface area contributed by atoms with Gasteiger partial charge in [0.1, 0.15) is 0 Å². The van der Waals surface area contributed by atoms with Crippen LogP contribution in [0.4, 0.5) is 0 Å². The molecular weight excluding hydrogens is 272 g/mol. The Morgan fingerprint density at radius 3 is 1.55 bits per heavy atom. The molecule has 0 aromatic carbocycles. The second kappa shape index (κ2) is 17.0. The zero-order valence-corrected chi connectivity index (χ0v) is 14.9. The third kappa shape index (κ3) is 16.0. The summed E-state index contributed by atoms with van der Waals surface area (Å²) in [6, 6.07) is 0. The van der Waals surface area contributed by atoms with E-state index in [0.717, 1.165) is 12.8 Å². The Balaban J connectivity index is 3.12. The molecule has 0 amide bonds. The zero-order valence-electron chi connectivity index (χ0n) is 14.9. The molecule has 0 unspecified atom stereocenters. The highest BCUT2D eigenvalue weighted by atomic mass is 16.3. The third-order valence-corrected chi connectivity index (χ3v) is 4.43. The van der Waals surface area contributed by atoms with Crippen LogP contribution in [-0.4, -0.2) is 22.4 Å². The molecule has 0 spiro atoms. The van der Waals surface area contributed by atoms with E-state index in [1.807, 2.05) is 0 Å². The van der Waals surface area contributed by atoms with Gasteiger partial charge in [-0.25, -0.2) is 0 Å². The highest BCUT2D eigenvalue weighted by Gasteiger charge is 2.08. The quantitative estimate of drug-likeness (QED) is 0.264. The molecule has 2 N–H and O–H groups in total. The first kappa shape index (κ1) is 21.7. The Bertz CT molecular complexity index is 228. The molecule has 0 saturated heterocycles. The smallest absolute Gasteiger partial charge is 0.0742 e. The highest BCUT2D eigenvalue weighted by Crippen LogP contribution is 2.14. The van der Waals surface area contributed by atoms with Gasteiger partial charge in [0.25, 0.3) is 0 Å². The topological polar surface area (TPSA) is 40.5 Å². The van der Waals surface area contributed by atoms with Crippen LogP contribution in [0.5, 0.6) is 0 Å². The van der Waals surface area contributed by atoms with Gasteiger partial charge in [0, 0.05) is 6.42 Å². The largest absolute Gasteiger partial charge is 0.393 e. The summed E-state index contributed by atoms with van der Waals surface area (Å²) in [5, 5.41) is 19.1. The number of aliphatic hydroxyl groups excluding tert-OH is 2. The van der Waals surface area contributed by atoms with Gasteiger partial charge in [0.2, 0.25) is 0 Å². The van der Waals surface area contributed by atoms with Crippen molar-refractivity contribution < 1.29 is 10.2 Å². The molecule has 132 valence electrons. The van der Waals surface area contributed by atoms with Crippen LogP contribution in [0.3, 0.4) is 0 Å². The number of hydrogen-bond acceptors (Lipinski definition) is 2. The maximum atomic E-state index is 9.72. The van der Waals surface area contributed by atoms with Crippen molar-refractivity contribution >= 4 is 0 Å². The lowest BCUT2D eigenvalue weighted by molar-refractivity contribution is 0.0958. The van der Waals surface area contributed by atoms with Crippen LogP contribution in [0, 0.1) is 0 Å². The number of unbranched alkanes of at least 4 members (excludes halogenated alkanes) is 12. The minimum atomic E-state index is -0.558. The molecule has 0 fully saturated rings. The van der Waals surface area contributed by atoms with Crippen molar-refractivity contribution in [3.8, 4) is 0 Å². The van der Waals surface area contributed by atoms with Crippen LogP contribution in [0.15, 0.2) is 12.7 Å². The second-order valence-corrected chi connectivity index (χ2v) is 6.72. The van der Waals surface area contributed by atoms with Crippen LogP contribution in [-0.2, 0) is 0 Å². The third-order valence-electron chi connectivity index (χ3n) is 4.43. The molecule has 0 aliphatic carbocycles. The van der Waals surface area contributed by atoms with Crippen molar-refractivity contribution in [1.82, 2.24) is 0 Å². The van der Waals surface area contributed by atoms with Crippen molar-refractivity contribution in [2.45, 2.75) is 115 Å². The lowest BCUT2D eigenvalue weighted by Crippen LogP contribution is -2.15. The number of rotatable bonds is 17. The summed E-state index contributed by atoms with van der Waals surface area (Å²) < 4.78 is 0. The molecule has 0 aliphatic rings. The standard InChI is InChI=1S/C20H40O2/c1-3-5-6-7-8-9-10-11-12-13-14-15-16-17-20(22)18-19(21)4-2/h4,19-22H,2-3,5-18H2,1H3/t19-,20-/m0/s1. The summed E-state index contributed by atoms with van der Waals surface area (Å²) in [4.78, 5) is 0. The molecule has 2 heteroatoms. The van der Waals surface area contributed by atoms with E-state index in [1.54, 1.807) is 0 Å². The van der Waals surface area contributed by atoms with Crippen molar-refractivity contribution in [3.63, 3.8) is 0 Å². The maximum absolute atomic E-state index is 9.72. The number of aliphatic hydroxyl groups is 2. The summed E-state index contributed by atoms with van der Waals surface area (Å²) in [7, 11) is 0. The molecular formula is C20H40O2. The van der Waals surface area contributed by atoms with E-state index in [9.17, 15) is 10.2 Å². The Morgan fingerprint density at radius 2 is 1.14 bits per heavy atom. The normalized spacial score (nSPS) is 14.0. The first-order chi connectivity index (χ1) is 10.7. The van der Waals surface area contributed by atoms with Crippen LogP contribution in [0.1, 0.15) is 103 Å². The predicted octanol–water partition coefficient (Wildman–Crippen LogP) is 5.77.